The van der Waals surface area contributed by atoms with Gasteiger partial charge in [0, 0.05) is 34.7 Å². The Balaban J connectivity index is 1.84. The second kappa shape index (κ2) is 8.13. The van der Waals surface area contributed by atoms with Crippen LogP contribution in [0.15, 0.2) is 72.8 Å². The minimum atomic E-state index is -0.207. The van der Waals surface area contributed by atoms with Gasteiger partial charge in [0.1, 0.15) is 0 Å². The molecule has 6 heteroatoms. The van der Waals surface area contributed by atoms with Crippen LogP contribution in [0, 0.1) is 0 Å². The van der Waals surface area contributed by atoms with Crippen LogP contribution >= 0.6 is 0 Å². The van der Waals surface area contributed by atoms with E-state index in [2.05, 4.69) is 16.0 Å². The van der Waals surface area contributed by atoms with E-state index in [4.69, 9.17) is 5.73 Å². The summed E-state index contributed by atoms with van der Waals surface area (Å²) >= 11 is 0. The molecule has 1 aliphatic heterocycles. The summed E-state index contributed by atoms with van der Waals surface area (Å²) in [7, 11) is 0. The van der Waals surface area contributed by atoms with E-state index in [0.29, 0.717) is 34.8 Å². The Bertz CT molecular complexity index is 1150. The van der Waals surface area contributed by atoms with Crippen LogP contribution in [0.3, 0.4) is 0 Å². The first-order valence-electron chi connectivity index (χ1n) is 9.73. The summed E-state index contributed by atoms with van der Waals surface area (Å²) in [6.45, 7) is 2.42. The van der Waals surface area contributed by atoms with Crippen molar-refractivity contribution < 1.29 is 9.59 Å². The normalized spacial score (nSPS) is 14.0. The molecule has 0 saturated carbocycles. The molecule has 0 fully saturated rings. The van der Waals surface area contributed by atoms with Crippen LogP contribution in [0.4, 0.5) is 17.1 Å². The Morgan fingerprint density at radius 3 is 2.50 bits per heavy atom. The van der Waals surface area contributed by atoms with Gasteiger partial charge in [-0.15, -0.1) is 0 Å². The molecule has 0 saturated heterocycles. The van der Waals surface area contributed by atoms with Gasteiger partial charge >= 0.3 is 0 Å². The number of carbonyl (C=O) groups excluding carboxylic acids is 2. The predicted octanol–water partition coefficient (Wildman–Crippen LogP) is 3.95. The maximum absolute atomic E-state index is 12.9. The molecule has 6 nitrogen and oxygen atoms in total. The number of anilines is 3. The average molecular weight is 398 g/mol. The van der Waals surface area contributed by atoms with Gasteiger partial charge in [0.2, 0.25) is 0 Å². The van der Waals surface area contributed by atoms with E-state index in [1.807, 2.05) is 43.3 Å². The van der Waals surface area contributed by atoms with E-state index >= 15 is 0 Å². The number of nitrogens with one attached hydrogen (secondary N) is 3. The van der Waals surface area contributed by atoms with Gasteiger partial charge in [0.25, 0.3) is 11.8 Å². The minimum absolute atomic E-state index is 0.146. The van der Waals surface area contributed by atoms with E-state index in [0.717, 1.165) is 16.8 Å². The van der Waals surface area contributed by atoms with Gasteiger partial charge in [0.15, 0.2) is 0 Å². The maximum atomic E-state index is 12.9. The third-order valence-electron chi connectivity index (χ3n) is 4.83. The lowest BCUT2D eigenvalue weighted by Gasteiger charge is -2.15. The second-order valence-electron chi connectivity index (χ2n) is 6.94. The van der Waals surface area contributed by atoms with Gasteiger partial charge in [0.05, 0.1) is 11.3 Å². The van der Waals surface area contributed by atoms with Crippen LogP contribution in [0.1, 0.15) is 28.4 Å². The van der Waals surface area contributed by atoms with Crippen molar-refractivity contribution in [3.8, 4) is 0 Å². The third-order valence-corrected chi connectivity index (χ3v) is 4.83. The van der Waals surface area contributed by atoms with E-state index in [9.17, 15) is 9.59 Å². The monoisotopic (exact) mass is 398 g/mol. The van der Waals surface area contributed by atoms with Crippen molar-refractivity contribution in [2.24, 2.45) is 0 Å². The van der Waals surface area contributed by atoms with Crippen molar-refractivity contribution in [2.45, 2.75) is 6.92 Å². The summed E-state index contributed by atoms with van der Waals surface area (Å²) in [5.74, 6) is -0.353. The lowest BCUT2D eigenvalue weighted by molar-refractivity contribution is -0.110. The lowest BCUT2D eigenvalue weighted by Crippen LogP contribution is -2.22. The Morgan fingerprint density at radius 1 is 0.967 bits per heavy atom. The van der Waals surface area contributed by atoms with Crippen molar-refractivity contribution in [3.63, 3.8) is 0 Å². The van der Waals surface area contributed by atoms with Crippen molar-refractivity contribution >= 4 is 40.1 Å². The van der Waals surface area contributed by atoms with E-state index < -0.39 is 0 Å². The number of benzene rings is 3. The van der Waals surface area contributed by atoms with Gasteiger partial charge in [-0.05, 0) is 48.9 Å². The Kier molecular flexibility index (Phi) is 5.22. The Hall–Kier alpha value is -4.06. The molecule has 0 aliphatic carbocycles. The van der Waals surface area contributed by atoms with Crippen molar-refractivity contribution in [3.05, 3.63) is 89.5 Å². The molecule has 0 unspecified atom stereocenters. The summed E-state index contributed by atoms with van der Waals surface area (Å²) in [5.41, 5.74) is 11.3. The van der Waals surface area contributed by atoms with Gasteiger partial charge in [-0.1, -0.05) is 36.4 Å². The van der Waals surface area contributed by atoms with Crippen LogP contribution in [-0.4, -0.2) is 18.4 Å². The molecule has 5 N–H and O–H groups in total. The molecule has 3 aromatic carbocycles. The van der Waals surface area contributed by atoms with E-state index in [-0.39, 0.29) is 11.8 Å². The molecule has 2 amide bonds. The molecule has 1 heterocycles. The first-order chi connectivity index (χ1) is 14.6. The largest absolute Gasteiger partial charge is 0.399 e. The van der Waals surface area contributed by atoms with Crippen molar-refractivity contribution in [1.29, 1.82) is 0 Å². The fourth-order valence-corrected chi connectivity index (χ4v) is 3.46. The van der Waals surface area contributed by atoms with Crippen molar-refractivity contribution in [2.75, 3.05) is 22.9 Å². The molecular weight excluding hydrogens is 376 g/mol. The summed E-state index contributed by atoms with van der Waals surface area (Å²) in [4.78, 5) is 25.1. The first-order valence-corrected chi connectivity index (χ1v) is 9.73. The van der Waals surface area contributed by atoms with E-state index in [1.54, 1.807) is 36.4 Å². The number of rotatable bonds is 5. The molecule has 0 radical (unpaired) electrons. The molecule has 0 atom stereocenters. The zero-order valence-electron chi connectivity index (χ0n) is 16.5. The fraction of sp³-hybridized carbons (Fsp3) is 0.0833. The zero-order chi connectivity index (χ0) is 21.1. The number of amides is 2. The SMILES string of the molecule is CCNC(=O)c1cccc(N/C(=C2\C(=O)Nc3ccc(N)cc32)c2ccccc2)c1. The van der Waals surface area contributed by atoms with Crippen LogP contribution in [0.2, 0.25) is 0 Å². The second-order valence-corrected chi connectivity index (χ2v) is 6.94. The standard InChI is InChI=1S/C24H22N4O2/c1-2-26-23(29)16-9-6-10-18(13-16)27-22(15-7-4-3-5-8-15)21-19-14-17(25)11-12-20(19)28-24(21)30/h3-14,27H,2,25H2,1H3,(H,26,29)(H,28,30)/b22-21-. The molecule has 30 heavy (non-hydrogen) atoms. The molecule has 0 bridgehead atoms. The molecule has 4 rings (SSSR count). The van der Waals surface area contributed by atoms with Gasteiger partial charge in [-0.2, -0.15) is 0 Å². The smallest absolute Gasteiger partial charge is 0.258 e. The van der Waals surface area contributed by atoms with Crippen LogP contribution in [0.25, 0.3) is 11.3 Å². The molecular formula is C24H22N4O2. The van der Waals surface area contributed by atoms with Crippen molar-refractivity contribution in [1.82, 2.24) is 5.32 Å². The van der Waals surface area contributed by atoms with Crippen LogP contribution in [0.5, 0.6) is 0 Å². The summed E-state index contributed by atoms with van der Waals surface area (Å²) in [6.07, 6.45) is 0. The summed E-state index contributed by atoms with van der Waals surface area (Å²) in [5, 5.41) is 9.06. The highest BCUT2D eigenvalue weighted by molar-refractivity contribution is 6.37. The summed E-state index contributed by atoms with van der Waals surface area (Å²) < 4.78 is 0. The summed E-state index contributed by atoms with van der Waals surface area (Å²) in [6, 6.07) is 22.1. The number of fused-ring (bicyclic) bond motifs is 1. The number of nitrogen functional groups attached to an aromatic ring is 1. The minimum Gasteiger partial charge on any atom is -0.399 e. The predicted molar refractivity (Wildman–Crippen MR) is 121 cm³/mol. The third kappa shape index (κ3) is 3.75. The van der Waals surface area contributed by atoms with Crippen LogP contribution < -0.4 is 21.7 Å². The van der Waals surface area contributed by atoms with Gasteiger partial charge < -0.3 is 21.7 Å². The molecule has 0 aromatic heterocycles. The number of hydrogen-bond acceptors (Lipinski definition) is 4. The number of hydrogen-bond donors (Lipinski definition) is 4. The highest BCUT2D eigenvalue weighted by atomic mass is 16.2. The zero-order valence-corrected chi connectivity index (χ0v) is 16.5. The molecule has 150 valence electrons. The maximum Gasteiger partial charge on any atom is 0.258 e. The number of carbonyl (C=O) groups is 2. The van der Waals surface area contributed by atoms with Crippen LogP contribution in [-0.2, 0) is 4.79 Å². The Morgan fingerprint density at radius 2 is 1.73 bits per heavy atom. The average Bonchev–Trinajstić information content (AvgIpc) is 3.08. The fourth-order valence-electron chi connectivity index (χ4n) is 3.46. The molecule has 0 spiro atoms. The van der Waals surface area contributed by atoms with E-state index in [1.165, 1.54) is 0 Å². The van der Waals surface area contributed by atoms with Gasteiger partial charge in [-0.3, -0.25) is 9.59 Å². The highest BCUT2D eigenvalue weighted by Gasteiger charge is 2.28. The first kappa shape index (κ1) is 19.3. The number of nitrogens with two attached hydrogens (primary N) is 1. The lowest BCUT2D eigenvalue weighted by atomic mass is 9.99. The Labute approximate surface area is 174 Å². The highest BCUT2D eigenvalue weighted by Crippen LogP contribution is 2.38. The topological polar surface area (TPSA) is 96.2 Å². The van der Waals surface area contributed by atoms with Gasteiger partial charge in [-0.25, -0.2) is 0 Å². The molecule has 1 aliphatic rings. The molecule has 3 aromatic rings. The quantitative estimate of drug-likeness (QED) is 0.386.